The Kier molecular flexibility index (Phi) is 4.06. The number of ketones is 1. The zero-order chi connectivity index (χ0) is 14.0. The average molecular weight is 281 g/mol. The third-order valence-electron chi connectivity index (χ3n) is 3.59. The molecule has 1 aliphatic heterocycles. The zero-order valence-corrected chi connectivity index (χ0v) is 12.1. The van der Waals surface area contributed by atoms with Crippen molar-refractivity contribution in [1.82, 2.24) is 4.31 Å². The van der Waals surface area contributed by atoms with Crippen LogP contribution in [0.1, 0.15) is 43.5 Å². The Bertz CT molecular complexity index is 580. The van der Waals surface area contributed by atoms with Crippen LogP contribution in [0.3, 0.4) is 0 Å². The van der Waals surface area contributed by atoms with Crippen LogP contribution in [0.5, 0.6) is 0 Å². The summed E-state index contributed by atoms with van der Waals surface area (Å²) in [5.74, 6) is -0.122. The Balaban J connectivity index is 2.38. The Labute approximate surface area is 114 Å². The van der Waals surface area contributed by atoms with E-state index in [0.29, 0.717) is 12.1 Å². The smallest absolute Gasteiger partial charge is 0.243 e. The van der Waals surface area contributed by atoms with E-state index in [1.165, 1.54) is 13.0 Å². The van der Waals surface area contributed by atoms with Crippen molar-refractivity contribution in [3.63, 3.8) is 0 Å². The van der Waals surface area contributed by atoms with Gasteiger partial charge >= 0.3 is 0 Å². The van der Waals surface area contributed by atoms with Gasteiger partial charge < -0.3 is 0 Å². The number of piperidine rings is 1. The van der Waals surface area contributed by atoms with Crippen LogP contribution in [0.4, 0.5) is 0 Å². The lowest BCUT2D eigenvalue weighted by Crippen LogP contribution is -2.41. The maximum Gasteiger partial charge on any atom is 0.243 e. The van der Waals surface area contributed by atoms with Crippen LogP contribution in [0.2, 0.25) is 0 Å². The highest BCUT2D eigenvalue weighted by molar-refractivity contribution is 7.89. The van der Waals surface area contributed by atoms with E-state index in [-0.39, 0.29) is 16.7 Å². The highest BCUT2D eigenvalue weighted by Gasteiger charge is 2.31. The van der Waals surface area contributed by atoms with E-state index in [1.54, 1.807) is 22.5 Å². The molecule has 1 aromatic rings. The lowest BCUT2D eigenvalue weighted by molar-refractivity contribution is 0.101. The first-order valence-corrected chi connectivity index (χ1v) is 8.00. The second-order valence-corrected chi connectivity index (χ2v) is 6.94. The van der Waals surface area contributed by atoms with Gasteiger partial charge in [0.05, 0.1) is 4.90 Å². The van der Waals surface area contributed by atoms with Crippen LogP contribution in [-0.2, 0) is 10.0 Å². The molecule has 0 N–H and O–H groups in total. The minimum Gasteiger partial charge on any atom is -0.295 e. The first kappa shape index (κ1) is 14.2. The fourth-order valence-electron chi connectivity index (χ4n) is 2.44. The minimum atomic E-state index is -3.49. The van der Waals surface area contributed by atoms with Crippen LogP contribution in [0.15, 0.2) is 29.2 Å². The Morgan fingerprint density at radius 2 is 2.05 bits per heavy atom. The molecule has 5 heteroatoms. The van der Waals surface area contributed by atoms with E-state index in [0.717, 1.165) is 19.3 Å². The van der Waals surface area contributed by atoms with Crippen molar-refractivity contribution in [3.8, 4) is 0 Å². The predicted molar refractivity (Wildman–Crippen MR) is 73.7 cm³/mol. The van der Waals surface area contributed by atoms with E-state index in [2.05, 4.69) is 0 Å². The molecule has 1 heterocycles. The molecule has 1 aliphatic rings. The summed E-state index contributed by atoms with van der Waals surface area (Å²) in [6, 6.07) is 6.32. The molecule has 0 aliphatic carbocycles. The minimum absolute atomic E-state index is 0.0275. The van der Waals surface area contributed by atoms with Crippen LogP contribution in [0, 0.1) is 0 Å². The van der Waals surface area contributed by atoms with Gasteiger partial charge in [0.2, 0.25) is 10.0 Å². The van der Waals surface area contributed by atoms with Crippen molar-refractivity contribution in [3.05, 3.63) is 29.8 Å². The van der Waals surface area contributed by atoms with E-state index in [9.17, 15) is 13.2 Å². The molecule has 0 bridgehead atoms. The Hall–Kier alpha value is -1.20. The highest BCUT2D eigenvalue weighted by atomic mass is 32.2. The number of carbonyl (C=O) groups is 1. The van der Waals surface area contributed by atoms with Crippen molar-refractivity contribution in [2.24, 2.45) is 0 Å². The maximum atomic E-state index is 12.6. The second-order valence-electron chi connectivity index (χ2n) is 5.04. The van der Waals surface area contributed by atoms with Crippen LogP contribution < -0.4 is 0 Å². The highest BCUT2D eigenvalue weighted by Crippen LogP contribution is 2.25. The number of benzene rings is 1. The van der Waals surface area contributed by atoms with Gasteiger partial charge in [-0.1, -0.05) is 18.6 Å². The SMILES string of the molecule is CC(=O)c1cccc(S(=O)(=O)N2CCCCC2C)c1. The summed E-state index contributed by atoms with van der Waals surface area (Å²) in [7, 11) is -3.49. The van der Waals surface area contributed by atoms with Gasteiger partial charge in [-0.15, -0.1) is 0 Å². The summed E-state index contributed by atoms with van der Waals surface area (Å²) in [6.45, 7) is 3.94. The number of nitrogens with zero attached hydrogens (tertiary/aromatic N) is 1. The molecule has 0 amide bonds. The largest absolute Gasteiger partial charge is 0.295 e. The third-order valence-corrected chi connectivity index (χ3v) is 5.60. The molecule has 19 heavy (non-hydrogen) atoms. The van der Waals surface area contributed by atoms with E-state index >= 15 is 0 Å². The zero-order valence-electron chi connectivity index (χ0n) is 11.3. The van der Waals surface area contributed by atoms with Crippen molar-refractivity contribution >= 4 is 15.8 Å². The first-order chi connectivity index (χ1) is 8.93. The summed E-state index contributed by atoms with van der Waals surface area (Å²) in [5.41, 5.74) is 0.436. The number of hydrogen-bond acceptors (Lipinski definition) is 3. The van der Waals surface area contributed by atoms with E-state index in [4.69, 9.17) is 0 Å². The summed E-state index contributed by atoms with van der Waals surface area (Å²) in [4.78, 5) is 11.6. The van der Waals surface area contributed by atoms with Crippen molar-refractivity contribution in [2.75, 3.05) is 6.54 Å². The molecule has 0 spiro atoms. The molecule has 4 nitrogen and oxygen atoms in total. The fraction of sp³-hybridized carbons (Fsp3) is 0.500. The Morgan fingerprint density at radius 1 is 1.32 bits per heavy atom. The summed E-state index contributed by atoms with van der Waals surface area (Å²) >= 11 is 0. The lowest BCUT2D eigenvalue weighted by Gasteiger charge is -2.32. The molecule has 1 fully saturated rings. The van der Waals surface area contributed by atoms with Gasteiger partial charge in [-0.2, -0.15) is 4.31 Å². The summed E-state index contributed by atoms with van der Waals surface area (Å²) in [6.07, 6.45) is 2.86. The monoisotopic (exact) mass is 281 g/mol. The van der Waals surface area contributed by atoms with Gasteiger partial charge in [-0.25, -0.2) is 8.42 Å². The van der Waals surface area contributed by atoms with Gasteiger partial charge in [0.25, 0.3) is 0 Å². The second kappa shape index (κ2) is 5.43. The average Bonchev–Trinajstić information content (AvgIpc) is 2.39. The van der Waals surface area contributed by atoms with E-state index in [1.807, 2.05) is 6.92 Å². The van der Waals surface area contributed by atoms with Crippen molar-refractivity contribution in [2.45, 2.75) is 44.0 Å². The van der Waals surface area contributed by atoms with Gasteiger partial charge in [0.1, 0.15) is 0 Å². The van der Waals surface area contributed by atoms with Crippen LogP contribution >= 0.6 is 0 Å². The standard InChI is InChI=1S/C14H19NO3S/c1-11-6-3-4-9-15(11)19(17,18)14-8-5-7-13(10-14)12(2)16/h5,7-8,10-11H,3-4,6,9H2,1-2H3. The molecule has 1 aromatic carbocycles. The number of sulfonamides is 1. The summed E-state index contributed by atoms with van der Waals surface area (Å²) in [5, 5.41) is 0. The van der Waals surface area contributed by atoms with Gasteiger partial charge in [-0.05, 0) is 38.8 Å². The molecule has 1 atom stereocenters. The number of Topliss-reactive ketones (excluding diaryl/α,β-unsaturated/α-hetero) is 1. The quantitative estimate of drug-likeness (QED) is 0.800. The Morgan fingerprint density at radius 3 is 2.68 bits per heavy atom. The topological polar surface area (TPSA) is 54.5 Å². The van der Waals surface area contributed by atoms with Gasteiger partial charge in [0, 0.05) is 18.2 Å². The lowest BCUT2D eigenvalue weighted by atomic mass is 10.1. The number of carbonyl (C=O) groups excluding carboxylic acids is 1. The molecule has 1 unspecified atom stereocenters. The molecule has 104 valence electrons. The van der Waals surface area contributed by atoms with Crippen molar-refractivity contribution in [1.29, 1.82) is 0 Å². The van der Waals surface area contributed by atoms with Gasteiger partial charge in [-0.3, -0.25) is 4.79 Å². The molecule has 0 saturated carbocycles. The van der Waals surface area contributed by atoms with Crippen LogP contribution in [-0.4, -0.2) is 31.1 Å². The molecule has 2 rings (SSSR count). The molecule has 0 aromatic heterocycles. The third kappa shape index (κ3) is 2.87. The van der Waals surface area contributed by atoms with Crippen molar-refractivity contribution < 1.29 is 13.2 Å². The fourth-order valence-corrected chi connectivity index (χ4v) is 4.19. The molecule has 0 radical (unpaired) electrons. The number of rotatable bonds is 3. The van der Waals surface area contributed by atoms with Crippen LogP contribution in [0.25, 0.3) is 0 Å². The predicted octanol–water partition coefficient (Wildman–Crippen LogP) is 2.45. The molecule has 1 saturated heterocycles. The normalized spacial score (nSPS) is 21.3. The summed E-state index contributed by atoms with van der Waals surface area (Å²) < 4.78 is 26.7. The van der Waals surface area contributed by atoms with Gasteiger partial charge in [0.15, 0.2) is 5.78 Å². The maximum absolute atomic E-state index is 12.6. The number of hydrogen-bond donors (Lipinski definition) is 0. The van der Waals surface area contributed by atoms with E-state index < -0.39 is 10.0 Å². The first-order valence-electron chi connectivity index (χ1n) is 6.56. The molecular formula is C14H19NO3S. The molecular weight excluding hydrogens is 262 g/mol.